The summed E-state index contributed by atoms with van der Waals surface area (Å²) < 4.78 is 66.2. The quantitative estimate of drug-likeness (QED) is 0.774. The van der Waals surface area contributed by atoms with Gasteiger partial charge in [0.15, 0.2) is 0 Å². The van der Waals surface area contributed by atoms with Crippen LogP contribution >= 0.6 is 0 Å². The van der Waals surface area contributed by atoms with Gasteiger partial charge in [-0.25, -0.2) is 8.42 Å². The van der Waals surface area contributed by atoms with Crippen molar-refractivity contribution >= 4 is 15.7 Å². The Hall–Kier alpha value is -2.06. The number of benzene rings is 2. The number of anilines is 1. The molecule has 2 aliphatic heterocycles. The zero-order valence-corrected chi connectivity index (χ0v) is 16.0. The maximum absolute atomic E-state index is 13.1. The predicted molar refractivity (Wildman–Crippen MR) is 102 cm³/mol. The van der Waals surface area contributed by atoms with Crippen molar-refractivity contribution in [3.63, 3.8) is 0 Å². The van der Waals surface area contributed by atoms with Gasteiger partial charge in [-0.2, -0.15) is 13.2 Å². The first-order chi connectivity index (χ1) is 13.2. The number of likely N-dealkylation sites (tertiary alicyclic amines) is 1. The minimum Gasteiger partial charge on any atom is -0.294 e. The second-order valence-corrected chi connectivity index (χ2v) is 9.52. The summed E-state index contributed by atoms with van der Waals surface area (Å²) in [4.78, 5) is 1.38. The second kappa shape index (κ2) is 6.77. The summed E-state index contributed by atoms with van der Waals surface area (Å²) in [6.45, 7) is -0.259. The zero-order chi connectivity index (χ0) is 20.0. The molecule has 1 atom stereocenters. The van der Waals surface area contributed by atoms with E-state index < -0.39 is 28.2 Å². The van der Waals surface area contributed by atoms with Crippen LogP contribution in [0.3, 0.4) is 0 Å². The number of alkyl halides is 3. The highest BCUT2D eigenvalue weighted by Crippen LogP contribution is 2.47. The average molecular weight is 410 g/mol. The Morgan fingerprint density at radius 3 is 2.36 bits per heavy atom. The van der Waals surface area contributed by atoms with Crippen LogP contribution in [0, 0.1) is 0 Å². The van der Waals surface area contributed by atoms with E-state index in [9.17, 15) is 21.6 Å². The zero-order valence-electron chi connectivity index (χ0n) is 15.2. The van der Waals surface area contributed by atoms with Crippen LogP contribution in [-0.2, 0) is 21.2 Å². The van der Waals surface area contributed by atoms with Crippen LogP contribution in [0.2, 0.25) is 0 Å². The molecule has 0 aliphatic carbocycles. The lowest BCUT2D eigenvalue weighted by Crippen LogP contribution is -2.41. The second-order valence-electron chi connectivity index (χ2n) is 7.62. The molecule has 0 bridgehead atoms. The van der Waals surface area contributed by atoms with Crippen LogP contribution in [0.15, 0.2) is 54.6 Å². The van der Waals surface area contributed by atoms with Crippen molar-refractivity contribution in [2.24, 2.45) is 0 Å². The first-order valence-electron chi connectivity index (χ1n) is 9.12. The van der Waals surface area contributed by atoms with Crippen LogP contribution in [-0.4, -0.2) is 45.7 Å². The van der Waals surface area contributed by atoms with Gasteiger partial charge in [0.2, 0.25) is 10.0 Å². The van der Waals surface area contributed by atoms with Gasteiger partial charge in [0.05, 0.1) is 18.0 Å². The van der Waals surface area contributed by atoms with Crippen molar-refractivity contribution in [3.05, 3.63) is 65.7 Å². The van der Waals surface area contributed by atoms with Gasteiger partial charge >= 0.3 is 6.18 Å². The van der Waals surface area contributed by atoms with Crippen molar-refractivity contribution in [2.75, 3.05) is 30.5 Å². The molecular weight excluding hydrogens is 389 g/mol. The van der Waals surface area contributed by atoms with Gasteiger partial charge in [-0.3, -0.25) is 9.21 Å². The minimum atomic E-state index is -4.26. The summed E-state index contributed by atoms with van der Waals surface area (Å²) in [5.41, 5.74) is 1.51. The molecule has 2 aliphatic rings. The number of hydrogen-bond acceptors (Lipinski definition) is 3. The summed E-state index contributed by atoms with van der Waals surface area (Å²) in [6, 6.07) is 16.1. The molecule has 0 saturated carbocycles. The first-order valence-corrected chi connectivity index (χ1v) is 10.7. The molecule has 0 aromatic heterocycles. The third-order valence-electron chi connectivity index (χ3n) is 5.55. The molecule has 2 aromatic rings. The smallest absolute Gasteiger partial charge is 0.294 e. The lowest BCUT2D eigenvalue weighted by molar-refractivity contribution is -0.143. The van der Waals surface area contributed by atoms with Gasteiger partial charge in [0.1, 0.15) is 0 Å². The number of nitrogens with zero attached hydrogens (tertiary/aromatic N) is 2. The minimum absolute atomic E-state index is 0.134. The van der Waals surface area contributed by atoms with E-state index in [0.29, 0.717) is 24.2 Å². The molecule has 2 heterocycles. The average Bonchev–Trinajstić information content (AvgIpc) is 3.17. The monoisotopic (exact) mass is 410 g/mol. The Morgan fingerprint density at radius 2 is 1.64 bits per heavy atom. The summed E-state index contributed by atoms with van der Waals surface area (Å²) in [7, 11) is -3.65. The molecule has 1 saturated heterocycles. The normalized spacial score (nSPS) is 22.8. The summed E-state index contributed by atoms with van der Waals surface area (Å²) in [5.74, 6) is -0.134. The molecule has 4 nitrogen and oxygen atoms in total. The number of halogens is 3. The van der Waals surface area contributed by atoms with Crippen molar-refractivity contribution in [1.29, 1.82) is 0 Å². The number of fused-ring (bicyclic) bond motifs is 2. The third kappa shape index (κ3) is 3.63. The van der Waals surface area contributed by atoms with Crippen LogP contribution < -0.4 is 4.31 Å². The van der Waals surface area contributed by atoms with Crippen LogP contribution in [0.5, 0.6) is 0 Å². The van der Waals surface area contributed by atoms with E-state index in [0.717, 1.165) is 5.56 Å². The van der Waals surface area contributed by atoms with Gasteiger partial charge < -0.3 is 0 Å². The Bertz CT molecular complexity index is 963. The molecule has 28 heavy (non-hydrogen) atoms. The highest BCUT2D eigenvalue weighted by molar-refractivity contribution is 7.92. The van der Waals surface area contributed by atoms with Crippen LogP contribution in [0.25, 0.3) is 0 Å². The third-order valence-corrected chi connectivity index (χ3v) is 7.25. The maximum atomic E-state index is 13.1. The number of para-hydroxylation sites is 1. The van der Waals surface area contributed by atoms with Crippen LogP contribution in [0.4, 0.5) is 18.9 Å². The Labute approximate surface area is 162 Å². The Morgan fingerprint density at radius 1 is 0.964 bits per heavy atom. The fourth-order valence-electron chi connectivity index (χ4n) is 4.39. The SMILES string of the molecule is O=S(=O)(Cc1ccccc1)N1CC2(CCN(CC(F)(F)F)C2)c2ccccc21. The van der Waals surface area contributed by atoms with E-state index in [4.69, 9.17) is 0 Å². The van der Waals surface area contributed by atoms with E-state index in [-0.39, 0.29) is 18.8 Å². The maximum Gasteiger partial charge on any atom is 0.401 e. The highest BCUT2D eigenvalue weighted by atomic mass is 32.2. The molecular formula is C20H21F3N2O2S. The van der Waals surface area contributed by atoms with Crippen molar-refractivity contribution in [3.8, 4) is 0 Å². The molecule has 1 fully saturated rings. The van der Waals surface area contributed by atoms with E-state index in [1.165, 1.54) is 9.21 Å². The van der Waals surface area contributed by atoms with E-state index in [1.54, 1.807) is 36.4 Å². The number of hydrogen-bond donors (Lipinski definition) is 0. The molecule has 0 radical (unpaired) electrons. The van der Waals surface area contributed by atoms with Gasteiger partial charge in [-0.05, 0) is 30.2 Å². The van der Waals surface area contributed by atoms with E-state index in [2.05, 4.69) is 0 Å². The Balaban J connectivity index is 1.64. The lowest BCUT2D eigenvalue weighted by atomic mass is 9.82. The fourth-order valence-corrected chi connectivity index (χ4v) is 6.06. The van der Waals surface area contributed by atoms with Crippen LogP contribution in [0.1, 0.15) is 17.5 Å². The van der Waals surface area contributed by atoms with Gasteiger partial charge in [-0.15, -0.1) is 0 Å². The molecule has 8 heteroatoms. The molecule has 2 aromatic carbocycles. The molecule has 1 unspecified atom stereocenters. The first kappa shape index (κ1) is 19.3. The van der Waals surface area contributed by atoms with Gasteiger partial charge in [0, 0.05) is 18.5 Å². The van der Waals surface area contributed by atoms with Crippen molar-refractivity contribution in [2.45, 2.75) is 23.8 Å². The van der Waals surface area contributed by atoms with Crippen molar-refractivity contribution in [1.82, 2.24) is 4.90 Å². The molecule has 4 rings (SSSR count). The molecule has 0 N–H and O–H groups in total. The van der Waals surface area contributed by atoms with E-state index in [1.807, 2.05) is 18.2 Å². The summed E-state index contributed by atoms with van der Waals surface area (Å²) in [5, 5.41) is 0. The highest BCUT2D eigenvalue weighted by Gasteiger charge is 2.51. The number of rotatable bonds is 4. The lowest BCUT2D eigenvalue weighted by Gasteiger charge is -2.26. The largest absolute Gasteiger partial charge is 0.401 e. The fraction of sp³-hybridized carbons (Fsp3) is 0.400. The Kier molecular flexibility index (Phi) is 4.66. The van der Waals surface area contributed by atoms with Crippen molar-refractivity contribution < 1.29 is 21.6 Å². The molecule has 1 spiro atoms. The van der Waals surface area contributed by atoms with E-state index >= 15 is 0 Å². The summed E-state index contributed by atoms with van der Waals surface area (Å²) >= 11 is 0. The number of sulfonamides is 1. The topological polar surface area (TPSA) is 40.6 Å². The summed E-state index contributed by atoms with van der Waals surface area (Å²) in [6.07, 6.45) is -3.75. The standard InChI is InChI=1S/C20H21F3N2O2S/c21-20(22,23)15-24-11-10-19(13-24)14-25(18-9-5-4-8-17(18)19)28(26,27)12-16-6-2-1-3-7-16/h1-9H,10-15H2. The van der Waals surface area contributed by atoms with Gasteiger partial charge in [-0.1, -0.05) is 48.5 Å². The molecule has 150 valence electrons. The molecule has 0 amide bonds. The van der Waals surface area contributed by atoms with Gasteiger partial charge in [0.25, 0.3) is 0 Å². The predicted octanol–water partition coefficient (Wildman–Crippen LogP) is 3.54.